The molecule has 0 unspecified atom stereocenters. The van der Waals surface area contributed by atoms with E-state index in [9.17, 15) is 18.0 Å². The molecule has 2 aromatic heterocycles. The third-order valence-electron chi connectivity index (χ3n) is 4.82. The maximum absolute atomic E-state index is 13.0. The van der Waals surface area contributed by atoms with E-state index in [4.69, 9.17) is 11.6 Å². The molecule has 0 saturated heterocycles. The largest absolute Gasteiger partial charge is 0.436 e. The van der Waals surface area contributed by atoms with Crippen molar-refractivity contribution in [3.8, 4) is 0 Å². The predicted molar refractivity (Wildman–Crippen MR) is 115 cm³/mol. The van der Waals surface area contributed by atoms with Crippen LogP contribution in [-0.2, 0) is 24.1 Å². The van der Waals surface area contributed by atoms with Crippen LogP contribution in [-0.4, -0.2) is 25.5 Å². The standard InChI is InChI=1S/C20H20BrClF3N5O/c1-11-18(13(3)30(27-11)10-14-5-4-6-15(22)9-14)26-16(31)7-8-29-12(2)17(21)19(28-29)20(23,24)25/h4-6,9H,7-8,10H2,1-3H3,(H,26,31). The molecule has 0 bridgehead atoms. The first-order chi connectivity index (χ1) is 14.5. The van der Waals surface area contributed by atoms with Gasteiger partial charge < -0.3 is 5.32 Å². The van der Waals surface area contributed by atoms with Crippen LogP contribution >= 0.6 is 27.5 Å². The van der Waals surface area contributed by atoms with Crippen molar-refractivity contribution in [2.24, 2.45) is 0 Å². The Hall–Kier alpha value is -2.33. The van der Waals surface area contributed by atoms with E-state index < -0.39 is 11.9 Å². The highest BCUT2D eigenvalue weighted by molar-refractivity contribution is 9.10. The summed E-state index contributed by atoms with van der Waals surface area (Å²) in [6.45, 7) is 5.63. The Balaban J connectivity index is 1.68. The van der Waals surface area contributed by atoms with Crippen LogP contribution in [0.4, 0.5) is 18.9 Å². The highest BCUT2D eigenvalue weighted by Gasteiger charge is 2.37. The molecule has 1 aromatic carbocycles. The number of halogens is 5. The Morgan fingerprint density at radius 1 is 1.16 bits per heavy atom. The van der Waals surface area contributed by atoms with Gasteiger partial charge in [0.05, 0.1) is 40.3 Å². The summed E-state index contributed by atoms with van der Waals surface area (Å²) in [6, 6.07) is 7.41. The SMILES string of the molecule is Cc1nn(Cc2cccc(Cl)c2)c(C)c1NC(=O)CCn1nc(C(F)(F)F)c(Br)c1C. The van der Waals surface area contributed by atoms with Crippen LogP contribution in [0.15, 0.2) is 28.7 Å². The third kappa shape index (κ3) is 5.30. The van der Waals surface area contributed by atoms with Gasteiger partial charge in [-0.3, -0.25) is 14.2 Å². The van der Waals surface area contributed by atoms with Crippen LogP contribution < -0.4 is 5.32 Å². The van der Waals surface area contributed by atoms with Gasteiger partial charge in [-0.05, 0) is 54.4 Å². The van der Waals surface area contributed by atoms with Gasteiger partial charge in [-0.2, -0.15) is 23.4 Å². The number of hydrogen-bond acceptors (Lipinski definition) is 3. The monoisotopic (exact) mass is 517 g/mol. The van der Waals surface area contributed by atoms with E-state index in [1.54, 1.807) is 17.7 Å². The van der Waals surface area contributed by atoms with E-state index in [2.05, 4.69) is 31.4 Å². The molecule has 0 radical (unpaired) electrons. The van der Waals surface area contributed by atoms with Crippen LogP contribution in [0.1, 0.15) is 34.8 Å². The van der Waals surface area contributed by atoms with E-state index in [0.29, 0.717) is 28.6 Å². The Bertz CT molecular complexity index is 1120. The lowest BCUT2D eigenvalue weighted by Gasteiger charge is -2.08. The van der Waals surface area contributed by atoms with Gasteiger partial charge in [0.1, 0.15) is 0 Å². The minimum Gasteiger partial charge on any atom is -0.323 e. The molecular weight excluding hydrogens is 499 g/mol. The number of nitrogens with one attached hydrogen (secondary N) is 1. The summed E-state index contributed by atoms with van der Waals surface area (Å²) in [5.74, 6) is -0.340. The molecule has 2 heterocycles. The van der Waals surface area contributed by atoms with Crippen LogP contribution in [0.3, 0.4) is 0 Å². The zero-order valence-corrected chi connectivity index (χ0v) is 19.4. The minimum absolute atomic E-state index is 0.0150. The third-order valence-corrected chi connectivity index (χ3v) is 6.00. The first-order valence-corrected chi connectivity index (χ1v) is 10.5. The fraction of sp³-hybridized carbons (Fsp3) is 0.350. The van der Waals surface area contributed by atoms with Gasteiger partial charge in [0.25, 0.3) is 0 Å². The van der Waals surface area contributed by atoms with Crippen LogP contribution in [0.25, 0.3) is 0 Å². The summed E-state index contributed by atoms with van der Waals surface area (Å²) in [6.07, 6.45) is -4.60. The summed E-state index contributed by atoms with van der Waals surface area (Å²) in [5, 5.41) is 11.5. The molecule has 1 N–H and O–H groups in total. The van der Waals surface area contributed by atoms with Crippen LogP contribution in [0.5, 0.6) is 0 Å². The van der Waals surface area contributed by atoms with Gasteiger partial charge >= 0.3 is 6.18 Å². The van der Waals surface area contributed by atoms with Gasteiger partial charge in [-0.25, -0.2) is 0 Å². The summed E-state index contributed by atoms with van der Waals surface area (Å²) in [5.41, 5.74) is 2.27. The number of rotatable bonds is 6. The number of benzene rings is 1. The molecule has 166 valence electrons. The van der Waals surface area contributed by atoms with Crippen molar-refractivity contribution in [3.05, 3.63) is 62.1 Å². The van der Waals surface area contributed by atoms with E-state index in [1.165, 1.54) is 11.6 Å². The molecule has 6 nitrogen and oxygen atoms in total. The van der Waals surface area contributed by atoms with Crippen molar-refractivity contribution in [1.82, 2.24) is 19.6 Å². The van der Waals surface area contributed by atoms with Crippen molar-refractivity contribution in [1.29, 1.82) is 0 Å². The van der Waals surface area contributed by atoms with E-state index in [-0.39, 0.29) is 23.3 Å². The lowest BCUT2D eigenvalue weighted by molar-refractivity contribution is -0.142. The minimum atomic E-state index is -4.57. The van der Waals surface area contributed by atoms with Gasteiger partial charge in [0, 0.05) is 11.4 Å². The number of aromatic nitrogens is 4. The average molecular weight is 519 g/mol. The van der Waals surface area contributed by atoms with Crippen LogP contribution in [0, 0.1) is 20.8 Å². The number of carbonyl (C=O) groups excluding carboxylic acids is 1. The summed E-state index contributed by atoms with van der Waals surface area (Å²) < 4.78 is 41.8. The first-order valence-electron chi connectivity index (χ1n) is 9.35. The summed E-state index contributed by atoms with van der Waals surface area (Å²) in [4.78, 5) is 12.5. The normalized spacial score (nSPS) is 11.7. The number of carbonyl (C=O) groups is 1. The number of aryl methyl sites for hydroxylation is 2. The van der Waals surface area contributed by atoms with Crippen molar-refractivity contribution < 1.29 is 18.0 Å². The molecule has 0 spiro atoms. The maximum Gasteiger partial charge on any atom is 0.436 e. The Labute approximate surface area is 190 Å². The van der Waals surface area contributed by atoms with Gasteiger partial charge in [0.15, 0.2) is 5.69 Å². The second-order valence-corrected chi connectivity index (χ2v) is 8.33. The molecular formula is C20H20BrClF3N5O. The molecule has 0 aliphatic heterocycles. The zero-order chi connectivity index (χ0) is 22.9. The van der Waals surface area contributed by atoms with Gasteiger partial charge in [0.2, 0.25) is 5.91 Å². The fourth-order valence-corrected chi connectivity index (χ4v) is 3.89. The molecule has 0 atom stereocenters. The number of alkyl halides is 3. The quantitative estimate of drug-likeness (QED) is 0.468. The topological polar surface area (TPSA) is 64.7 Å². The van der Waals surface area contributed by atoms with E-state index in [1.807, 2.05) is 25.1 Å². The zero-order valence-electron chi connectivity index (χ0n) is 17.0. The van der Waals surface area contributed by atoms with Crippen molar-refractivity contribution in [2.75, 3.05) is 5.32 Å². The van der Waals surface area contributed by atoms with Crippen molar-refractivity contribution >= 4 is 39.1 Å². The second kappa shape index (κ2) is 9.04. The molecule has 3 aromatic rings. The highest BCUT2D eigenvalue weighted by atomic mass is 79.9. The second-order valence-electron chi connectivity index (χ2n) is 7.10. The van der Waals surface area contributed by atoms with E-state index >= 15 is 0 Å². The molecule has 11 heteroatoms. The molecule has 0 saturated carbocycles. The lowest BCUT2D eigenvalue weighted by Crippen LogP contribution is -2.17. The summed E-state index contributed by atoms with van der Waals surface area (Å²) >= 11 is 8.96. The molecule has 3 rings (SSSR count). The first kappa shape index (κ1) is 23.3. The molecule has 0 aliphatic carbocycles. The van der Waals surface area contributed by atoms with E-state index in [0.717, 1.165) is 11.3 Å². The Morgan fingerprint density at radius 2 is 1.87 bits per heavy atom. The highest BCUT2D eigenvalue weighted by Crippen LogP contribution is 2.35. The number of anilines is 1. The predicted octanol–water partition coefficient (Wildman–Crippen LogP) is 5.52. The average Bonchev–Trinajstić information content (AvgIpc) is 3.11. The molecule has 0 fully saturated rings. The number of amides is 1. The van der Waals surface area contributed by atoms with Crippen molar-refractivity contribution in [2.45, 2.75) is 46.5 Å². The lowest BCUT2D eigenvalue weighted by atomic mass is 10.2. The van der Waals surface area contributed by atoms with Crippen LogP contribution in [0.2, 0.25) is 5.02 Å². The van der Waals surface area contributed by atoms with Gasteiger partial charge in [-0.15, -0.1) is 0 Å². The molecule has 1 amide bonds. The number of nitrogens with zero attached hydrogens (tertiary/aromatic N) is 4. The number of hydrogen-bond donors (Lipinski definition) is 1. The smallest absolute Gasteiger partial charge is 0.323 e. The Morgan fingerprint density at radius 3 is 2.48 bits per heavy atom. The molecule has 0 aliphatic rings. The van der Waals surface area contributed by atoms with Gasteiger partial charge in [-0.1, -0.05) is 23.7 Å². The Kier molecular flexibility index (Phi) is 6.80. The maximum atomic E-state index is 13.0. The summed E-state index contributed by atoms with van der Waals surface area (Å²) in [7, 11) is 0. The fourth-order valence-electron chi connectivity index (χ4n) is 3.17. The van der Waals surface area contributed by atoms with Crippen molar-refractivity contribution in [3.63, 3.8) is 0 Å². The molecule has 31 heavy (non-hydrogen) atoms.